The standard InChI is InChI=1S/C25H28N4O2/c1-4-19-11-7-8-17(2)24(19)27-22(30)16-29-23(31)14-18(3)26-25(29)28-13-12-20-9-5-6-10-21(20)15-28/h5-11,14H,4,12-13,15-16H2,1-3H3,(H,27,30). The number of aromatic nitrogens is 2. The van der Waals surface area contributed by atoms with Crippen LogP contribution in [-0.2, 0) is 30.7 Å². The third-order valence-electron chi connectivity index (χ3n) is 5.84. The molecule has 6 nitrogen and oxygen atoms in total. The van der Waals surface area contributed by atoms with Gasteiger partial charge in [0.15, 0.2) is 0 Å². The topological polar surface area (TPSA) is 67.2 Å². The summed E-state index contributed by atoms with van der Waals surface area (Å²) in [5.41, 5.74) is 5.92. The Balaban J connectivity index is 1.62. The van der Waals surface area contributed by atoms with Gasteiger partial charge in [-0.05, 0) is 48.9 Å². The second-order valence-electron chi connectivity index (χ2n) is 8.07. The van der Waals surface area contributed by atoms with Crippen LogP contribution in [0.3, 0.4) is 0 Å². The molecule has 0 aliphatic carbocycles. The van der Waals surface area contributed by atoms with Gasteiger partial charge < -0.3 is 10.2 Å². The van der Waals surface area contributed by atoms with Crippen LogP contribution in [0.4, 0.5) is 11.6 Å². The first-order valence-corrected chi connectivity index (χ1v) is 10.7. The fourth-order valence-corrected chi connectivity index (χ4v) is 4.19. The lowest BCUT2D eigenvalue weighted by molar-refractivity contribution is -0.116. The minimum Gasteiger partial charge on any atom is -0.337 e. The van der Waals surface area contributed by atoms with Gasteiger partial charge in [0.2, 0.25) is 11.9 Å². The van der Waals surface area contributed by atoms with Gasteiger partial charge in [-0.2, -0.15) is 0 Å². The van der Waals surface area contributed by atoms with Gasteiger partial charge in [-0.25, -0.2) is 4.98 Å². The highest BCUT2D eigenvalue weighted by Gasteiger charge is 2.22. The number of fused-ring (bicyclic) bond motifs is 1. The van der Waals surface area contributed by atoms with Crippen LogP contribution < -0.4 is 15.8 Å². The summed E-state index contributed by atoms with van der Waals surface area (Å²) in [6.07, 6.45) is 1.71. The fourth-order valence-electron chi connectivity index (χ4n) is 4.19. The van der Waals surface area contributed by atoms with E-state index in [0.717, 1.165) is 36.2 Å². The van der Waals surface area contributed by atoms with Gasteiger partial charge in [0.05, 0.1) is 0 Å². The molecular weight excluding hydrogens is 388 g/mol. The molecule has 0 atom stereocenters. The minimum atomic E-state index is -0.226. The van der Waals surface area contributed by atoms with E-state index in [-0.39, 0.29) is 18.0 Å². The van der Waals surface area contributed by atoms with Crippen molar-refractivity contribution in [3.05, 3.63) is 86.8 Å². The second kappa shape index (κ2) is 8.76. The maximum absolute atomic E-state index is 13.0. The number of nitrogens with one attached hydrogen (secondary N) is 1. The lowest BCUT2D eigenvalue weighted by Gasteiger charge is -2.31. The number of hydrogen-bond donors (Lipinski definition) is 1. The van der Waals surface area contributed by atoms with Crippen molar-refractivity contribution in [3.63, 3.8) is 0 Å². The zero-order valence-electron chi connectivity index (χ0n) is 18.3. The molecule has 0 spiro atoms. The van der Waals surface area contributed by atoms with E-state index < -0.39 is 0 Å². The molecule has 0 fully saturated rings. The molecule has 0 radical (unpaired) electrons. The van der Waals surface area contributed by atoms with E-state index >= 15 is 0 Å². The van der Waals surface area contributed by atoms with Crippen molar-refractivity contribution in [2.45, 2.75) is 46.7 Å². The number of carbonyl (C=O) groups excluding carboxylic acids is 1. The summed E-state index contributed by atoms with van der Waals surface area (Å²) in [6.45, 7) is 7.21. The monoisotopic (exact) mass is 416 g/mol. The number of rotatable bonds is 5. The Bertz CT molecular complexity index is 1180. The van der Waals surface area contributed by atoms with Crippen molar-refractivity contribution in [3.8, 4) is 0 Å². The molecule has 1 N–H and O–H groups in total. The Kier molecular flexibility index (Phi) is 5.89. The quantitative estimate of drug-likeness (QED) is 0.690. The van der Waals surface area contributed by atoms with Crippen LogP contribution in [0.5, 0.6) is 0 Å². The Morgan fingerprint density at radius 2 is 1.87 bits per heavy atom. The number of aryl methyl sites for hydroxylation is 3. The van der Waals surface area contributed by atoms with Crippen molar-refractivity contribution < 1.29 is 4.79 Å². The highest BCUT2D eigenvalue weighted by atomic mass is 16.2. The molecule has 160 valence electrons. The largest absolute Gasteiger partial charge is 0.337 e. The summed E-state index contributed by atoms with van der Waals surface area (Å²) in [5, 5.41) is 3.02. The molecular formula is C25H28N4O2. The van der Waals surface area contributed by atoms with Crippen molar-refractivity contribution in [2.24, 2.45) is 0 Å². The SMILES string of the molecule is CCc1cccc(C)c1NC(=O)Cn1c(N2CCc3ccccc3C2)nc(C)cc1=O. The van der Waals surface area contributed by atoms with Crippen molar-refractivity contribution in [1.82, 2.24) is 9.55 Å². The normalized spacial score (nSPS) is 13.1. The Labute approximate surface area is 182 Å². The summed E-state index contributed by atoms with van der Waals surface area (Å²) in [7, 11) is 0. The van der Waals surface area contributed by atoms with E-state index in [2.05, 4.69) is 40.3 Å². The molecule has 0 saturated heterocycles. The first-order chi connectivity index (χ1) is 15.0. The van der Waals surface area contributed by atoms with Gasteiger partial charge >= 0.3 is 0 Å². The molecule has 1 aliphatic rings. The molecule has 0 unspecified atom stereocenters. The summed E-state index contributed by atoms with van der Waals surface area (Å²) >= 11 is 0. The van der Waals surface area contributed by atoms with Crippen LogP contribution in [0.1, 0.15) is 34.9 Å². The van der Waals surface area contributed by atoms with Crippen LogP contribution in [0.25, 0.3) is 0 Å². The van der Waals surface area contributed by atoms with E-state index in [1.807, 2.05) is 38.1 Å². The number of nitrogens with zero attached hydrogens (tertiary/aromatic N) is 3. The maximum atomic E-state index is 13.0. The van der Waals surface area contributed by atoms with E-state index in [4.69, 9.17) is 0 Å². The molecule has 6 heteroatoms. The van der Waals surface area contributed by atoms with E-state index in [0.29, 0.717) is 18.2 Å². The lowest BCUT2D eigenvalue weighted by Crippen LogP contribution is -2.38. The number of amides is 1. The molecule has 0 bridgehead atoms. The van der Waals surface area contributed by atoms with Crippen molar-refractivity contribution >= 4 is 17.5 Å². The smallest absolute Gasteiger partial charge is 0.255 e. The highest BCUT2D eigenvalue weighted by molar-refractivity contribution is 5.92. The summed E-state index contributed by atoms with van der Waals surface area (Å²) < 4.78 is 1.49. The third kappa shape index (κ3) is 4.38. The molecule has 31 heavy (non-hydrogen) atoms. The summed E-state index contributed by atoms with van der Waals surface area (Å²) in [4.78, 5) is 32.5. The minimum absolute atomic E-state index is 0.0723. The van der Waals surface area contributed by atoms with E-state index in [1.165, 1.54) is 21.8 Å². The number of hydrogen-bond acceptors (Lipinski definition) is 4. The van der Waals surface area contributed by atoms with Crippen LogP contribution >= 0.6 is 0 Å². The molecule has 4 rings (SSSR count). The van der Waals surface area contributed by atoms with Crippen LogP contribution in [0.2, 0.25) is 0 Å². The predicted molar refractivity (Wildman–Crippen MR) is 124 cm³/mol. The van der Waals surface area contributed by atoms with Gasteiger partial charge in [0.25, 0.3) is 5.56 Å². The van der Waals surface area contributed by atoms with Gasteiger partial charge in [0.1, 0.15) is 6.54 Å². The molecule has 1 amide bonds. The molecule has 1 aliphatic heterocycles. The molecule has 1 aromatic heterocycles. The zero-order chi connectivity index (χ0) is 22.0. The van der Waals surface area contributed by atoms with E-state index in [1.54, 1.807) is 0 Å². The zero-order valence-corrected chi connectivity index (χ0v) is 18.3. The molecule has 0 saturated carbocycles. The van der Waals surface area contributed by atoms with Gasteiger partial charge in [-0.15, -0.1) is 0 Å². The molecule has 3 aromatic rings. The third-order valence-corrected chi connectivity index (χ3v) is 5.84. The van der Waals surface area contributed by atoms with Gasteiger partial charge in [-0.1, -0.05) is 49.4 Å². The maximum Gasteiger partial charge on any atom is 0.255 e. The summed E-state index contributed by atoms with van der Waals surface area (Å²) in [6, 6.07) is 15.8. The van der Waals surface area contributed by atoms with Crippen LogP contribution in [0, 0.1) is 13.8 Å². The predicted octanol–water partition coefficient (Wildman–Crippen LogP) is 3.62. The highest BCUT2D eigenvalue weighted by Crippen LogP contribution is 2.24. The van der Waals surface area contributed by atoms with Crippen molar-refractivity contribution in [1.29, 1.82) is 0 Å². The first-order valence-electron chi connectivity index (χ1n) is 10.7. The lowest BCUT2D eigenvalue weighted by atomic mass is 10.0. The van der Waals surface area contributed by atoms with Crippen LogP contribution in [-0.4, -0.2) is 22.0 Å². The van der Waals surface area contributed by atoms with Crippen molar-refractivity contribution in [2.75, 3.05) is 16.8 Å². The Morgan fingerprint density at radius 1 is 1.10 bits per heavy atom. The van der Waals surface area contributed by atoms with Gasteiger partial charge in [0, 0.05) is 30.5 Å². The Morgan fingerprint density at radius 3 is 2.65 bits per heavy atom. The Hall–Kier alpha value is -3.41. The number of benzene rings is 2. The number of anilines is 2. The summed E-state index contributed by atoms with van der Waals surface area (Å²) in [5.74, 6) is 0.325. The molecule has 2 heterocycles. The second-order valence-corrected chi connectivity index (χ2v) is 8.07. The fraction of sp³-hybridized carbons (Fsp3) is 0.320. The first kappa shape index (κ1) is 20.8. The number of para-hydroxylation sites is 1. The number of carbonyl (C=O) groups is 1. The van der Waals surface area contributed by atoms with E-state index in [9.17, 15) is 9.59 Å². The van der Waals surface area contributed by atoms with Gasteiger partial charge in [-0.3, -0.25) is 14.2 Å². The molecule has 2 aromatic carbocycles. The van der Waals surface area contributed by atoms with Crippen LogP contribution in [0.15, 0.2) is 53.3 Å². The average molecular weight is 417 g/mol. The average Bonchev–Trinajstić information content (AvgIpc) is 2.76.